The van der Waals surface area contributed by atoms with Crippen molar-refractivity contribution in [3.8, 4) is 16.9 Å². The highest BCUT2D eigenvalue weighted by atomic mass is 35.5. The van der Waals surface area contributed by atoms with Gasteiger partial charge in [-0.25, -0.2) is 9.48 Å². The molecule has 7 heteroatoms. The van der Waals surface area contributed by atoms with E-state index in [0.717, 1.165) is 11.3 Å². The number of aromatic nitrogens is 2. The zero-order valence-electron chi connectivity index (χ0n) is 17.5. The average molecular weight is 448 g/mol. The first kappa shape index (κ1) is 21.6. The van der Waals surface area contributed by atoms with E-state index < -0.39 is 12.0 Å². The number of rotatable bonds is 6. The van der Waals surface area contributed by atoms with Crippen molar-refractivity contribution in [2.45, 2.75) is 19.4 Å². The summed E-state index contributed by atoms with van der Waals surface area (Å²) in [6, 6.07) is 16.2. The molecule has 1 aliphatic rings. The zero-order chi connectivity index (χ0) is 22.7. The van der Waals surface area contributed by atoms with Gasteiger partial charge in [0.2, 0.25) is 5.91 Å². The number of nitrogens with zero attached hydrogens (tertiary/aromatic N) is 2. The molecule has 1 atom stereocenters. The number of carbonyl (C=O) groups excluding carboxylic acids is 2. The fourth-order valence-electron chi connectivity index (χ4n) is 3.75. The Morgan fingerprint density at radius 1 is 1.25 bits per heavy atom. The van der Waals surface area contributed by atoms with Crippen molar-refractivity contribution in [1.29, 1.82) is 0 Å². The van der Waals surface area contributed by atoms with Crippen LogP contribution in [0.1, 0.15) is 24.9 Å². The summed E-state index contributed by atoms with van der Waals surface area (Å²) in [5.74, 6) is -0.649. The highest BCUT2D eigenvalue weighted by Gasteiger charge is 2.35. The van der Waals surface area contributed by atoms with Gasteiger partial charge in [-0.1, -0.05) is 60.2 Å². The molecule has 32 heavy (non-hydrogen) atoms. The van der Waals surface area contributed by atoms with E-state index in [2.05, 4.69) is 11.9 Å². The number of halogens is 1. The monoisotopic (exact) mass is 447 g/mol. The predicted octanol–water partition coefficient (Wildman–Crippen LogP) is 4.80. The predicted molar refractivity (Wildman–Crippen MR) is 123 cm³/mol. The van der Waals surface area contributed by atoms with E-state index in [1.807, 2.05) is 48.7 Å². The van der Waals surface area contributed by atoms with Gasteiger partial charge in [-0.2, -0.15) is 5.10 Å². The number of hydrogen-bond acceptors (Lipinski definition) is 4. The molecule has 0 radical (unpaired) electrons. The lowest BCUT2D eigenvalue weighted by Gasteiger charge is -2.27. The van der Waals surface area contributed by atoms with E-state index >= 15 is 0 Å². The third kappa shape index (κ3) is 4.36. The van der Waals surface area contributed by atoms with Crippen LogP contribution in [0.15, 0.2) is 84.6 Å². The molecule has 4 rings (SSSR count). The second-order valence-corrected chi connectivity index (χ2v) is 7.91. The Morgan fingerprint density at radius 3 is 2.66 bits per heavy atom. The van der Waals surface area contributed by atoms with Crippen LogP contribution >= 0.6 is 11.6 Å². The number of nitrogens with one attached hydrogen (secondary N) is 1. The third-order valence-corrected chi connectivity index (χ3v) is 5.48. The van der Waals surface area contributed by atoms with Gasteiger partial charge in [-0.3, -0.25) is 4.79 Å². The SMILES string of the molecule is C=CCOC(=O)C1=C(C)CC(=O)NC1c1cn(-c2ccccc2)nc1-c1ccc(Cl)cc1. The first-order valence-corrected chi connectivity index (χ1v) is 10.5. The van der Waals surface area contributed by atoms with Gasteiger partial charge >= 0.3 is 5.97 Å². The Bertz CT molecular complexity index is 1200. The van der Waals surface area contributed by atoms with Crippen LogP contribution in [0.25, 0.3) is 16.9 Å². The minimum atomic E-state index is -0.697. The second-order valence-electron chi connectivity index (χ2n) is 7.48. The number of ether oxygens (including phenoxy) is 1. The Labute approximate surface area is 191 Å². The Morgan fingerprint density at radius 2 is 1.97 bits per heavy atom. The van der Waals surface area contributed by atoms with Gasteiger partial charge in [0.1, 0.15) is 6.61 Å². The lowest BCUT2D eigenvalue weighted by Crippen LogP contribution is -2.37. The van der Waals surface area contributed by atoms with E-state index in [0.29, 0.717) is 27.4 Å². The number of carbonyl (C=O) groups is 2. The number of benzene rings is 2. The summed E-state index contributed by atoms with van der Waals surface area (Å²) in [7, 11) is 0. The van der Waals surface area contributed by atoms with Crippen LogP contribution in [-0.4, -0.2) is 28.3 Å². The van der Waals surface area contributed by atoms with Crippen LogP contribution < -0.4 is 5.32 Å². The van der Waals surface area contributed by atoms with Crippen LogP contribution in [0.3, 0.4) is 0 Å². The summed E-state index contributed by atoms with van der Waals surface area (Å²) in [6.07, 6.45) is 3.48. The van der Waals surface area contributed by atoms with E-state index in [-0.39, 0.29) is 18.9 Å². The molecule has 0 bridgehead atoms. The van der Waals surface area contributed by atoms with Crippen molar-refractivity contribution >= 4 is 23.5 Å². The van der Waals surface area contributed by atoms with Gasteiger partial charge in [-0.15, -0.1) is 0 Å². The molecule has 1 amide bonds. The number of amides is 1. The van der Waals surface area contributed by atoms with E-state index in [1.54, 1.807) is 23.7 Å². The van der Waals surface area contributed by atoms with Gasteiger partial charge in [0, 0.05) is 28.8 Å². The van der Waals surface area contributed by atoms with E-state index in [1.165, 1.54) is 6.08 Å². The average Bonchev–Trinajstić information content (AvgIpc) is 3.23. The number of para-hydroxylation sites is 1. The van der Waals surface area contributed by atoms with Crippen molar-refractivity contribution in [2.24, 2.45) is 0 Å². The molecule has 0 spiro atoms. The van der Waals surface area contributed by atoms with Crippen molar-refractivity contribution in [2.75, 3.05) is 6.61 Å². The molecule has 2 aromatic carbocycles. The van der Waals surface area contributed by atoms with Gasteiger partial charge in [-0.05, 0) is 31.2 Å². The van der Waals surface area contributed by atoms with Gasteiger partial charge in [0.05, 0.1) is 23.0 Å². The lowest BCUT2D eigenvalue weighted by molar-refractivity contribution is -0.138. The van der Waals surface area contributed by atoms with Crippen molar-refractivity contribution in [3.05, 3.63) is 95.2 Å². The minimum Gasteiger partial charge on any atom is -0.458 e. The zero-order valence-corrected chi connectivity index (χ0v) is 18.3. The molecular formula is C25H22ClN3O3. The molecule has 0 aliphatic carbocycles. The standard InChI is InChI=1S/C25H22ClN3O3/c1-3-13-32-25(31)22-16(2)14-21(30)27-24(22)20-15-29(19-7-5-4-6-8-19)28-23(20)17-9-11-18(26)12-10-17/h3-12,15,24H,1,13-14H2,2H3,(H,27,30). The summed E-state index contributed by atoms with van der Waals surface area (Å²) in [5.41, 5.74) is 4.08. The first-order chi connectivity index (χ1) is 15.5. The minimum absolute atomic E-state index is 0.0869. The molecule has 3 aromatic rings. The van der Waals surface area contributed by atoms with Crippen LogP contribution in [-0.2, 0) is 14.3 Å². The van der Waals surface area contributed by atoms with Crippen LogP contribution in [0.2, 0.25) is 5.02 Å². The molecule has 1 unspecified atom stereocenters. The molecular weight excluding hydrogens is 426 g/mol. The quantitative estimate of drug-likeness (QED) is 0.435. The van der Waals surface area contributed by atoms with Crippen molar-refractivity contribution in [1.82, 2.24) is 15.1 Å². The summed E-state index contributed by atoms with van der Waals surface area (Å²) in [5, 5.41) is 8.35. The summed E-state index contributed by atoms with van der Waals surface area (Å²) >= 11 is 6.08. The van der Waals surface area contributed by atoms with E-state index in [9.17, 15) is 9.59 Å². The molecule has 1 aliphatic heterocycles. The summed E-state index contributed by atoms with van der Waals surface area (Å²) in [4.78, 5) is 25.4. The fourth-order valence-corrected chi connectivity index (χ4v) is 3.87. The Kier molecular flexibility index (Phi) is 6.23. The Balaban J connectivity index is 1.88. The molecule has 162 valence electrons. The number of esters is 1. The highest BCUT2D eigenvalue weighted by molar-refractivity contribution is 6.30. The molecule has 0 fully saturated rings. The maximum absolute atomic E-state index is 12.9. The topological polar surface area (TPSA) is 73.2 Å². The van der Waals surface area contributed by atoms with Crippen LogP contribution in [0.4, 0.5) is 0 Å². The van der Waals surface area contributed by atoms with Crippen LogP contribution in [0.5, 0.6) is 0 Å². The Hall–Kier alpha value is -3.64. The fraction of sp³-hybridized carbons (Fsp3) is 0.160. The van der Waals surface area contributed by atoms with Crippen LogP contribution in [0, 0.1) is 0 Å². The molecule has 1 aromatic heterocycles. The maximum Gasteiger partial charge on any atom is 0.336 e. The normalized spacial score (nSPS) is 15.9. The van der Waals surface area contributed by atoms with E-state index in [4.69, 9.17) is 21.4 Å². The summed E-state index contributed by atoms with van der Waals surface area (Å²) in [6.45, 7) is 5.46. The lowest BCUT2D eigenvalue weighted by atomic mass is 9.89. The molecule has 2 heterocycles. The smallest absolute Gasteiger partial charge is 0.336 e. The van der Waals surface area contributed by atoms with Gasteiger partial charge < -0.3 is 10.1 Å². The third-order valence-electron chi connectivity index (χ3n) is 5.22. The van der Waals surface area contributed by atoms with Crippen molar-refractivity contribution < 1.29 is 14.3 Å². The number of hydrogen-bond donors (Lipinski definition) is 1. The largest absolute Gasteiger partial charge is 0.458 e. The van der Waals surface area contributed by atoms with Gasteiger partial charge in [0.15, 0.2) is 0 Å². The molecule has 0 saturated heterocycles. The maximum atomic E-state index is 12.9. The van der Waals surface area contributed by atoms with Gasteiger partial charge in [0.25, 0.3) is 0 Å². The molecule has 1 N–H and O–H groups in total. The summed E-state index contributed by atoms with van der Waals surface area (Å²) < 4.78 is 7.07. The molecule has 6 nitrogen and oxygen atoms in total. The second kappa shape index (κ2) is 9.24. The first-order valence-electron chi connectivity index (χ1n) is 10.2. The highest BCUT2D eigenvalue weighted by Crippen LogP contribution is 2.36. The van der Waals surface area contributed by atoms with Crippen molar-refractivity contribution in [3.63, 3.8) is 0 Å². The molecule has 0 saturated carbocycles.